The fraction of sp³-hybridized carbons (Fsp3) is 0.407. The van der Waals surface area contributed by atoms with Gasteiger partial charge in [-0.2, -0.15) is 5.26 Å². The van der Waals surface area contributed by atoms with Crippen molar-refractivity contribution in [2.45, 2.75) is 39.8 Å². The van der Waals surface area contributed by atoms with Gasteiger partial charge in [-0.25, -0.2) is 0 Å². The quantitative estimate of drug-likeness (QED) is 0.662. The Bertz CT molecular complexity index is 1150. The van der Waals surface area contributed by atoms with E-state index >= 15 is 0 Å². The van der Waals surface area contributed by atoms with Crippen LogP contribution in [0.1, 0.15) is 49.2 Å². The molecule has 1 saturated heterocycles. The van der Waals surface area contributed by atoms with Crippen LogP contribution in [0.15, 0.2) is 42.5 Å². The van der Waals surface area contributed by atoms with Crippen LogP contribution in [0, 0.1) is 39.9 Å². The van der Waals surface area contributed by atoms with Gasteiger partial charge >= 0.3 is 0 Å². The molecule has 5 nitrogen and oxygen atoms in total. The summed E-state index contributed by atoms with van der Waals surface area (Å²) in [6, 6.07) is 14.5. The predicted molar refractivity (Wildman–Crippen MR) is 129 cm³/mol. The number of nitrogens with zero attached hydrogens (tertiary/aromatic N) is 1. The first-order chi connectivity index (χ1) is 15.6. The minimum absolute atomic E-state index is 0.0815. The Hall–Kier alpha value is -2.99. The highest BCUT2D eigenvalue weighted by molar-refractivity contribution is 6.31. The van der Waals surface area contributed by atoms with E-state index in [1.165, 1.54) is 0 Å². The van der Waals surface area contributed by atoms with E-state index in [-0.39, 0.29) is 28.9 Å². The van der Waals surface area contributed by atoms with Crippen LogP contribution in [-0.2, 0) is 0 Å². The van der Waals surface area contributed by atoms with Gasteiger partial charge in [0, 0.05) is 53.1 Å². The van der Waals surface area contributed by atoms with Crippen molar-refractivity contribution in [1.82, 2.24) is 10.6 Å². The van der Waals surface area contributed by atoms with Gasteiger partial charge in [0.25, 0.3) is 5.91 Å². The summed E-state index contributed by atoms with van der Waals surface area (Å²) in [4.78, 5) is 13.0. The number of carbonyl (C=O) groups is 1. The van der Waals surface area contributed by atoms with Gasteiger partial charge in [-0.05, 0) is 36.4 Å². The fourth-order valence-electron chi connectivity index (χ4n) is 5.09. The lowest BCUT2D eigenvalue weighted by molar-refractivity contribution is -0.164. The average molecular weight is 462 g/mol. The molecule has 0 aromatic heterocycles. The largest absolute Gasteiger partial charge is 0.489 e. The summed E-state index contributed by atoms with van der Waals surface area (Å²) in [5.74, 6) is 7.35. The number of nitriles is 1. The van der Waals surface area contributed by atoms with Crippen molar-refractivity contribution in [1.29, 1.82) is 5.26 Å². The number of hydrogen-bond acceptors (Lipinski definition) is 4. The molecule has 1 saturated carbocycles. The van der Waals surface area contributed by atoms with E-state index in [2.05, 4.69) is 56.2 Å². The maximum atomic E-state index is 13.0. The van der Waals surface area contributed by atoms with Crippen LogP contribution in [-0.4, -0.2) is 31.1 Å². The Morgan fingerprint density at radius 2 is 1.79 bits per heavy atom. The van der Waals surface area contributed by atoms with Gasteiger partial charge < -0.3 is 15.4 Å². The van der Waals surface area contributed by atoms with Crippen LogP contribution < -0.4 is 15.4 Å². The third-order valence-electron chi connectivity index (χ3n) is 6.78. The van der Waals surface area contributed by atoms with Gasteiger partial charge in [0.2, 0.25) is 0 Å². The van der Waals surface area contributed by atoms with Crippen molar-refractivity contribution in [3.05, 3.63) is 64.2 Å². The molecule has 2 aromatic carbocycles. The van der Waals surface area contributed by atoms with E-state index in [0.717, 1.165) is 18.7 Å². The number of amides is 1. The number of benzene rings is 2. The standard InChI is InChI=1S/C27H28ClN3O2/c1-26(2)24(27(3,4)25(26)33-21-12-11-20(14-29)22(28)13-21)31-23(32)19-9-7-17(8-10-19)5-6-18-15-30-16-18/h7-13,18,24-25,30H,15-16H2,1-4H3,(H,31,32). The predicted octanol–water partition coefficient (Wildman–Crippen LogP) is 4.39. The minimum atomic E-state index is -0.304. The van der Waals surface area contributed by atoms with Crippen molar-refractivity contribution in [3.63, 3.8) is 0 Å². The van der Waals surface area contributed by atoms with Crippen LogP contribution in [0.2, 0.25) is 5.02 Å². The van der Waals surface area contributed by atoms with E-state index in [9.17, 15) is 4.79 Å². The van der Waals surface area contributed by atoms with Crippen molar-refractivity contribution in [2.75, 3.05) is 13.1 Å². The molecule has 2 aromatic rings. The first kappa shape index (κ1) is 23.2. The minimum Gasteiger partial charge on any atom is -0.489 e. The summed E-state index contributed by atoms with van der Waals surface area (Å²) in [5, 5.41) is 15.9. The highest BCUT2D eigenvalue weighted by atomic mass is 35.5. The molecule has 0 unspecified atom stereocenters. The second-order valence-corrected chi connectivity index (χ2v) is 10.4. The number of carbonyl (C=O) groups excluding carboxylic acids is 1. The van der Waals surface area contributed by atoms with Crippen LogP contribution in [0.4, 0.5) is 0 Å². The van der Waals surface area contributed by atoms with E-state index in [1.54, 1.807) is 18.2 Å². The van der Waals surface area contributed by atoms with E-state index < -0.39 is 0 Å². The van der Waals surface area contributed by atoms with Gasteiger partial charge in [0.15, 0.2) is 0 Å². The number of rotatable bonds is 4. The molecule has 1 aliphatic heterocycles. The van der Waals surface area contributed by atoms with Gasteiger partial charge in [0.1, 0.15) is 17.9 Å². The molecule has 170 valence electrons. The third kappa shape index (κ3) is 4.44. The molecular weight excluding hydrogens is 434 g/mol. The van der Waals surface area contributed by atoms with Gasteiger partial charge in [-0.3, -0.25) is 4.79 Å². The molecule has 1 amide bonds. The number of halogens is 1. The zero-order chi connectivity index (χ0) is 23.8. The summed E-state index contributed by atoms with van der Waals surface area (Å²) in [6.45, 7) is 10.3. The maximum Gasteiger partial charge on any atom is 0.251 e. The molecule has 0 radical (unpaired) electrons. The highest BCUT2D eigenvalue weighted by Gasteiger charge is 2.64. The monoisotopic (exact) mass is 461 g/mol. The number of nitrogens with one attached hydrogen (secondary N) is 2. The Kier molecular flexibility index (Phi) is 6.14. The van der Waals surface area contributed by atoms with Crippen LogP contribution >= 0.6 is 11.6 Å². The van der Waals surface area contributed by atoms with Crippen molar-refractivity contribution in [2.24, 2.45) is 16.7 Å². The molecule has 0 atom stereocenters. The zero-order valence-electron chi connectivity index (χ0n) is 19.3. The van der Waals surface area contributed by atoms with Gasteiger partial charge in [-0.1, -0.05) is 51.1 Å². The summed E-state index contributed by atoms with van der Waals surface area (Å²) in [5.41, 5.74) is 1.33. The summed E-state index contributed by atoms with van der Waals surface area (Å²) in [6.07, 6.45) is -0.141. The summed E-state index contributed by atoms with van der Waals surface area (Å²) < 4.78 is 6.29. The van der Waals surface area contributed by atoms with Gasteiger partial charge in [-0.15, -0.1) is 0 Å². The zero-order valence-corrected chi connectivity index (χ0v) is 20.1. The van der Waals surface area contributed by atoms with E-state index in [4.69, 9.17) is 21.6 Å². The first-order valence-electron chi connectivity index (χ1n) is 11.1. The molecule has 6 heteroatoms. The molecule has 0 spiro atoms. The molecule has 1 heterocycles. The molecule has 2 fully saturated rings. The molecule has 4 rings (SSSR count). The van der Waals surface area contributed by atoms with E-state index in [0.29, 0.717) is 27.8 Å². The molecule has 0 bridgehead atoms. The number of ether oxygens (including phenoxy) is 1. The Labute approximate surface area is 200 Å². The van der Waals surface area contributed by atoms with Crippen molar-refractivity contribution >= 4 is 17.5 Å². The smallest absolute Gasteiger partial charge is 0.251 e. The van der Waals surface area contributed by atoms with Gasteiger partial charge in [0.05, 0.1) is 10.6 Å². The van der Waals surface area contributed by atoms with Crippen LogP contribution in [0.25, 0.3) is 0 Å². The second kappa shape index (κ2) is 8.75. The molecule has 2 aliphatic rings. The average Bonchev–Trinajstić information content (AvgIpc) is 2.74. The summed E-state index contributed by atoms with van der Waals surface area (Å²) >= 11 is 6.17. The fourth-order valence-corrected chi connectivity index (χ4v) is 5.30. The Morgan fingerprint density at radius 1 is 1.12 bits per heavy atom. The normalized spacial score (nSPS) is 22.5. The SMILES string of the molecule is CC1(C)C(NC(=O)c2ccc(C#CC3CNC3)cc2)C(C)(C)C1Oc1ccc(C#N)c(Cl)c1. The number of hydrogen-bond donors (Lipinski definition) is 2. The lowest BCUT2D eigenvalue weighted by atomic mass is 9.49. The first-order valence-corrected chi connectivity index (χ1v) is 11.5. The van der Waals surface area contributed by atoms with Crippen LogP contribution in [0.5, 0.6) is 5.75 Å². The molecule has 33 heavy (non-hydrogen) atoms. The second-order valence-electron chi connectivity index (χ2n) is 10.0. The van der Waals surface area contributed by atoms with E-state index in [1.807, 2.05) is 24.3 Å². The molecular formula is C27H28ClN3O2. The molecule has 2 N–H and O–H groups in total. The Morgan fingerprint density at radius 3 is 2.33 bits per heavy atom. The Balaban J connectivity index is 1.42. The van der Waals surface area contributed by atoms with Crippen LogP contribution in [0.3, 0.4) is 0 Å². The summed E-state index contributed by atoms with van der Waals surface area (Å²) in [7, 11) is 0. The lowest BCUT2D eigenvalue weighted by Gasteiger charge is -2.63. The highest BCUT2D eigenvalue weighted by Crippen LogP contribution is 2.55. The third-order valence-corrected chi connectivity index (χ3v) is 7.09. The lowest BCUT2D eigenvalue weighted by Crippen LogP contribution is -2.74. The molecule has 1 aliphatic carbocycles. The topological polar surface area (TPSA) is 74.2 Å². The maximum absolute atomic E-state index is 13.0. The van der Waals surface area contributed by atoms with Crippen molar-refractivity contribution < 1.29 is 9.53 Å². The van der Waals surface area contributed by atoms with Crippen molar-refractivity contribution in [3.8, 4) is 23.7 Å².